The van der Waals surface area contributed by atoms with E-state index in [1.807, 2.05) is 32.9 Å². The van der Waals surface area contributed by atoms with E-state index in [4.69, 9.17) is 5.11 Å². The van der Waals surface area contributed by atoms with Gasteiger partial charge in [0.2, 0.25) is 0 Å². The van der Waals surface area contributed by atoms with Gasteiger partial charge in [-0.05, 0) is 38.3 Å². The number of carboxylic acid groups (broad SMARTS) is 1. The molecule has 2 atom stereocenters. The van der Waals surface area contributed by atoms with E-state index in [2.05, 4.69) is 12.1 Å². The maximum absolute atomic E-state index is 11.8. The van der Waals surface area contributed by atoms with E-state index in [1.54, 1.807) is 16.7 Å². The van der Waals surface area contributed by atoms with E-state index in [9.17, 15) is 9.90 Å². The molecule has 0 saturated heterocycles. The highest BCUT2D eigenvalue weighted by Crippen LogP contribution is 2.45. The summed E-state index contributed by atoms with van der Waals surface area (Å²) in [5.41, 5.74) is 1.97. The average Bonchev–Trinajstić information content (AvgIpc) is 2.72. The molecule has 2 N–H and O–H groups in total. The van der Waals surface area contributed by atoms with Gasteiger partial charge in [-0.3, -0.25) is 4.90 Å². The van der Waals surface area contributed by atoms with Crippen LogP contribution in [0.3, 0.4) is 0 Å². The number of hydrogen-bond donors (Lipinski definition) is 2. The number of thioether (sulfide) groups is 1. The summed E-state index contributed by atoms with van der Waals surface area (Å²) in [6.07, 6.45) is -0.141. The molecule has 1 aliphatic carbocycles. The van der Waals surface area contributed by atoms with Gasteiger partial charge in [0.1, 0.15) is 0 Å². The van der Waals surface area contributed by atoms with Crippen LogP contribution in [0.1, 0.15) is 37.1 Å². The van der Waals surface area contributed by atoms with Gasteiger partial charge < -0.3 is 10.2 Å². The van der Waals surface area contributed by atoms with Crippen LogP contribution in [-0.4, -0.2) is 45.1 Å². The van der Waals surface area contributed by atoms with Crippen LogP contribution >= 0.6 is 11.8 Å². The van der Waals surface area contributed by atoms with Gasteiger partial charge in [0.25, 0.3) is 0 Å². The molecule has 0 unspecified atom stereocenters. The average molecular weight is 309 g/mol. The van der Waals surface area contributed by atoms with Crippen molar-refractivity contribution < 1.29 is 15.0 Å². The van der Waals surface area contributed by atoms with Crippen molar-refractivity contribution in [3.05, 3.63) is 35.4 Å². The van der Waals surface area contributed by atoms with E-state index in [-0.39, 0.29) is 17.9 Å². The Morgan fingerprint density at radius 2 is 2.05 bits per heavy atom. The minimum atomic E-state index is -0.880. The van der Waals surface area contributed by atoms with Gasteiger partial charge in [0.05, 0.1) is 17.9 Å². The summed E-state index contributed by atoms with van der Waals surface area (Å²) in [6, 6.07) is 8.06. The zero-order chi connectivity index (χ0) is 15.6. The number of amides is 1. The fraction of sp³-hybridized carbons (Fsp3) is 0.562. The largest absolute Gasteiger partial charge is 0.465 e. The summed E-state index contributed by atoms with van der Waals surface area (Å²) in [5.74, 6) is 0.618. The molecule has 1 aliphatic rings. The van der Waals surface area contributed by atoms with Crippen molar-refractivity contribution in [2.45, 2.75) is 44.0 Å². The maximum atomic E-state index is 11.8. The molecule has 1 amide bonds. The third-order valence-electron chi connectivity index (χ3n) is 3.79. The lowest BCUT2D eigenvalue weighted by atomic mass is 10.0. The van der Waals surface area contributed by atoms with E-state index < -0.39 is 11.6 Å². The lowest BCUT2D eigenvalue weighted by Gasteiger charge is -2.40. The number of aliphatic hydroxyl groups is 1. The molecule has 1 aromatic carbocycles. The smallest absolute Gasteiger partial charge is 0.408 e. The van der Waals surface area contributed by atoms with Crippen LogP contribution < -0.4 is 0 Å². The SMILES string of the molecule is CC(C)(C)N(C(=O)O)[C@@H]1Cc2ccccc2[C@@H]1SCCO. The van der Waals surface area contributed by atoms with E-state index >= 15 is 0 Å². The second kappa shape index (κ2) is 6.28. The van der Waals surface area contributed by atoms with Gasteiger partial charge in [-0.15, -0.1) is 11.8 Å². The lowest BCUT2D eigenvalue weighted by molar-refractivity contribution is 0.0722. The number of aliphatic hydroxyl groups excluding tert-OH is 1. The van der Waals surface area contributed by atoms with Gasteiger partial charge in [-0.2, -0.15) is 0 Å². The van der Waals surface area contributed by atoms with Crippen LogP contribution in [-0.2, 0) is 6.42 Å². The molecule has 4 nitrogen and oxygen atoms in total. The van der Waals surface area contributed by atoms with Gasteiger partial charge in [-0.1, -0.05) is 24.3 Å². The van der Waals surface area contributed by atoms with Crippen LogP contribution in [0.4, 0.5) is 4.79 Å². The quantitative estimate of drug-likeness (QED) is 0.897. The van der Waals surface area contributed by atoms with Crippen LogP contribution in [0.15, 0.2) is 24.3 Å². The molecular formula is C16H23NO3S. The minimum Gasteiger partial charge on any atom is -0.465 e. The second-order valence-corrected chi connectivity index (χ2v) is 7.56. The van der Waals surface area contributed by atoms with E-state index in [1.165, 1.54) is 11.1 Å². The monoisotopic (exact) mass is 309 g/mol. The van der Waals surface area contributed by atoms with Gasteiger partial charge in [0, 0.05) is 11.3 Å². The third-order valence-corrected chi connectivity index (χ3v) is 5.13. The topological polar surface area (TPSA) is 60.8 Å². The minimum absolute atomic E-state index is 0.0866. The molecule has 2 rings (SSSR count). The number of carbonyl (C=O) groups is 1. The number of fused-ring (bicyclic) bond motifs is 1. The second-order valence-electron chi connectivity index (χ2n) is 6.31. The van der Waals surface area contributed by atoms with Crippen molar-refractivity contribution in [2.75, 3.05) is 12.4 Å². The summed E-state index contributed by atoms with van der Waals surface area (Å²) in [6.45, 7) is 5.90. The highest BCUT2D eigenvalue weighted by molar-refractivity contribution is 7.99. The molecule has 0 saturated carbocycles. The van der Waals surface area contributed by atoms with Gasteiger partial charge >= 0.3 is 6.09 Å². The normalized spacial score (nSPS) is 21.1. The molecule has 0 bridgehead atoms. The first kappa shape index (κ1) is 16.2. The lowest BCUT2D eigenvalue weighted by Crippen LogP contribution is -2.52. The molecule has 0 radical (unpaired) electrons. The first-order valence-electron chi connectivity index (χ1n) is 7.18. The molecule has 0 fully saturated rings. The fourth-order valence-corrected chi connectivity index (χ4v) is 4.28. The van der Waals surface area contributed by atoms with Crippen molar-refractivity contribution in [1.82, 2.24) is 4.90 Å². The summed E-state index contributed by atoms with van der Waals surface area (Å²) >= 11 is 1.64. The Morgan fingerprint density at radius 3 is 2.62 bits per heavy atom. The molecule has 0 aromatic heterocycles. The van der Waals surface area contributed by atoms with Crippen molar-refractivity contribution in [2.24, 2.45) is 0 Å². The Morgan fingerprint density at radius 1 is 1.38 bits per heavy atom. The van der Waals surface area contributed by atoms with Crippen molar-refractivity contribution >= 4 is 17.9 Å². The predicted molar refractivity (Wildman–Crippen MR) is 85.8 cm³/mol. The first-order valence-corrected chi connectivity index (χ1v) is 8.23. The molecule has 0 aliphatic heterocycles. The van der Waals surface area contributed by atoms with Crippen LogP contribution in [0, 0.1) is 0 Å². The summed E-state index contributed by atoms with van der Waals surface area (Å²) in [4.78, 5) is 13.3. The van der Waals surface area contributed by atoms with Gasteiger partial charge in [-0.25, -0.2) is 4.79 Å². The standard InChI is InChI=1S/C16H23NO3S/c1-16(2,3)17(15(19)20)13-10-11-6-4-5-7-12(11)14(13)21-9-8-18/h4-7,13-14,18H,8-10H2,1-3H3,(H,19,20)/t13-,14+/m1/s1. The van der Waals surface area contributed by atoms with Gasteiger partial charge in [0.15, 0.2) is 0 Å². The Kier molecular flexibility index (Phi) is 4.84. The molecule has 0 heterocycles. The Balaban J connectivity index is 2.36. The fourth-order valence-electron chi connectivity index (χ4n) is 3.07. The maximum Gasteiger partial charge on any atom is 0.408 e. The molecule has 116 valence electrons. The third kappa shape index (κ3) is 3.35. The number of benzene rings is 1. The predicted octanol–water partition coefficient (Wildman–Crippen LogP) is 3.16. The van der Waals surface area contributed by atoms with Crippen molar-refractivity contribution in [3.8, 4) is 0 Å². The zero-order valence-electron chi connectivity index (χ0n) is 12.7. The van der Waals surface area contributed by atoms with Crippen molar-refractivity contribution in [3.63, 3.8) is 0 Å². The number of nitrogens with zero attached hydrogens (tertiary/aromatic N) is 1. The summed E-state index contributed by atoms with van der Waals surface area (Å²) < 4.78 is 0. The Bertz CT molecular complexity index is 512. The molecular weight excluding hydrogens is 286 g/mol. The van der Waals surface area contributed by atoms with E-state index in [0.717, 1.165) is 6.42 Å². The Labute approximate surface area is 130 Å². The van der Waals surface area contributed by atoms with Crippen LogP contribution in [0.5, 0.6) is 0 Å². The summed E-state index contributed by atoms with van der Waals surface area (Å²) in [7, 11) is 0. The van der Waals surface area contributed by atoms with Crippen LogP contribution in [0.25, 0.3) is 0 Å². The van der Waals surface area contributed by atoms with Crippen LogP contribution in [0.2, 0.25) is 0 Å². The first-order chi connectivity index (χ1) is 9.86. The molecule has 5 heteroatoms. The van der Waals surface area contributed by atoms with E-state index in [0.29, 0.717) is 5.75 Å². The molecule has 1 aromatic rings. The highest BCUT2D eigenvalue weighted by Gasteiger charge is 2.42. The summed E-state index contributed by atoms with van der Waals surface area (Å²) in [5, 5.41) is 18.9. The number of rotatable bonds is 4. The molecule has 21 heavy (non-hydrogen) atoms. The Hall–Kier alpha value is -1.20. The zero-order valence-corrected chi connectivity index (χ0v) is 13.6. The number of hydrogen-bond acceptors (Lipinski definition) is 3. The van der Waals surface area contributed by atoms with Crippen molar-refractivity contribution in [1.29, 1.82) is 0 Å². The molecule has 0 spiro atoms. The highest BCUT2D eigenvalue weighted by atomic mass is 32.2.